The Balaban J connectivity index is 0.00000225. The molecular formula is C10H14Cl2N2O2. The lowest BCUT2D eigenvalue weighted by atomic mass is 10.2. The van der Waals surface area contributed by atoms with Crippen molar-refractivity contribution in [3.8, 4) is 5.75 Å². The number of phenols is 1. The molecule has 0 saturated carbocycles. The predicted molar refractivity (Wildman–Crippen MR) is 67.7 cm³/mol. The number of hydrogen-bond acceptors (Lipinski definition) is 3. The Hall–Kier alpha value is -0.970. The van der Waals surface area contributed by atoms with Gasteiger partial charge in [-0.25, -0.2) is 0 Å². The highest BCUT2D eigenvalue weighted by Gasteiger charge is 2.08. The van der Waals surface area contributed by atoms with Crippen LogP contribution in [0.5, 0.6) is 5.75 Å². The second-order valence-corrected chi connectivity index (χ2v) is 3.63. The smallest absolute Gasteiger partial charge is 0.238 e. The lowest BCUT2D eigenvalue weighted by molar-refractivity contribution is -0.115. The zero-order chi connectivity index (χ0) is 11.4. The van der Waals surface area contributed by atoms with Crippen LogP contribution in [0.3, 0.4) is 0 Å². The molecule has 0 aromatic heterocycles. The minimum atomic E-state index is -0.227. The van der Waals surface area contributed by atoms with Gasteiger partial charge in [0.05, 0.1) is 12.2 Å². The average Bonchev–Trinajstić information content (AvgIpc) is 2.13. The van der Waals surface area contributed by atoms with Gasteiger partial charge in [-0.05, 0) is 31.7 Å². The van der Waals surface area contributed by atoms with Crippen LogP contribution < -0.4 is 10.6 Å². The van der Waals surface area contributed by atoms with E-state index in [1.807, 2.05) is 0 Å². The van der Waals surface area contributed by atoms with Crippen molar-refractivity contribution in [2.75, 3.05) is 18.9 Å². The number of carbonyl (C=O) groups excluding carboxylic acids is 1. The molecule has 6 heteroatoms. The Labute approximate surface area is 105 Å². The van der Waals surface area contributed by atoms with E-state index in [4.69, 9.17) is 11.6 Å². The molecule has 1 amide bonds. The second kappa shape index (κ2) is 6.58. The first-order valence-corrected chi connectivity index (χ1v) is 4.86. The maximum absolute atomic E-state index is 11.3. The monoisotopic (exact) mass is 264 g/mol. The van der Waals surface area contributed by atoms with Gasteiger partial charge in [0.25, 0.3) is 0 Å². The van der Waals surface area contributed by atoms with Gasteiger partial charge in [0, 0.05) is 5.02 Å². The Morgan fingerprint density at radius 3 is 2.69 bits per heavy atom. The van der Waals surface area contributed by atoms with Gasteiger partial charge in [-0.2, -0.15) is 0 Å². The maximum atomic E-state index is 11.3. The molecule has 0 aliphatic rings. The number of nitrogens with one attached hydrogen (secondary N) is 2. The van der Waals surface area contributed by atoms with E-state index in [1.54, 1.807) is 20.0 Å². The van der Waals surface area contributed by atoms with Gasteiger partial charge in [-0.1, -0.05) is 11.6 Å². The van der Waals surface area contributed by atoms with Crippen molar-refractivity contribution in [3.63, 3.8) is 0 Å². The first-order chi connectivity index (χ1) is 7.04. The molecule has 0 radical (unpaired) electrons. The lowest BCUT2D eigenvalue weighted by Gasteiger charge is -2.09. The van der Waals surface area contributed by atoms with Gasteiger partial charge in [-0.15, -0.1) is 12.4 Å². The van der Waals surface area contributed by atoms with E-state index in [1.165, 1.54) is 6.07 Å². The summed E-state index contributed by atoms with van der Waals surface area (Å²) in [7, 11) is 1.67. The van der Waals surface area contributed by atoms with E-state index in [9.17, 15) is 9.90 Å². The highest BCUT2D eigenvalue weighted by molar-refractivity contribution is 6.31. The van der Waals surface area contributed by atoms with Crippen molar-refractivity contribution >= 4 is 35.6 Å². The molecule has 0 atom stereocenters. The molecule has 1 aromatic carbocycles. The van der Waals surface area contributed by atoms with Gasteiger partial charge in [0.2, 0.25) is 5.91 Å². The summed E-state index contributed by atoms with van der Waals surface area (Å²) in [6, 6.07) is 3.14. The zero-order valence-corrected chi connectivity index (χ0v) is 10.6. The molecule has 0 aliphatic heterocycles. The summed E-state index contributed by atoms with van der Waals surface area (Å²) in [5.41, 5.74) is 0.961. The number of aromatic hydroxyl groups is 1. The van der Waals surface area contributed by atoms with Crippen LogP contribution >= 0.6 is 24.0 Å². The summed E-state index contributed by atoms with van der Waals surface area (Å²) in [4.78, 5) is 11.3. The van der Waals surface area contributed by atoms with Crippen LogP contribution in [-0.2, 0) is 4.79 Å². The van der Waals surface area contributed by atoms with Crippen molar-refractivity contribution in [3.05, 3.63) is 22.7 Å². The van der Waals surface area contributed by atoms with Gasteiger partial charge in [-0.3, -0.25) is 4.79 Å². The number of carbonyl (C=O) groups is 1. The maximum Gasteiger partial charge on any atom is 0.238 e. The number of anilines is 1. The number of phenolic OH excluding ortho intramolecular Hbond substituents is 1. The minimum absolute atomic E-state index is 0. The Kier molecular flexibility index (Phi) is 6.18. The van der Waals surface area contributed by atoms with Crippen molar-refractivity contribution in [1.82, 2.24) is 5.32 Å². The topological polar surface area (TPSA) is 61.4 Å². The molecule has 0 unspecified atom stereocenters. The number of hydrogen-bond donors (Lipinski definition) is 3. The molecule has 0 heterocycles. The van der Waals surface area contributed by atoms with E-state index in [0.717, 1.165) is 0 Å². The molecule has 0 fully saturated rings. The number of benzene rings is 1. The normalized spacial score (nSPS) is 9.44. The third-order valence-corrected chi connectivity index (χ3v) is 2.09. The lowest BCUT2D eigenvalue weighted by Crippen LogP contribution is -2.25. The van der Waals surface area contributed by atoms with E-state index in [2.05, 4.69) is 10.6 Å². The van der Waals surface area contributed by atoms with E-state index >= 15 is 0 Å². The first kappa shape index (κ1) is 15.0. The third-order valence-electron chi connectivity index (χ3n) is 1.88. The summed E-state index contributed by atoms with van der Waals surface area (Å²) in [6.45, 7) is 1.90. The third kappa shape index (κ3) is 3.89. The highest BCUT2D eigenvalue weighted by Crippen LogP contribution is 2.30. The fourth-order valence-corrected chi connectivity index (χ4v) is 1.46. The molecule has 1 rings (SSSR count). The van der Waals surface area contributed by atoms with Crippen molar-refractivity contribution < 1.29 is 9.90 Å². The van der Waals surface area contributed by atoms with E-state index in [0.29, 0.717) is 16.3 Å². The van der Waals surface area contributed by atoms with Gasteiger partial charge < -0.3 is 15.7 Å². The number of halogens is 2. The molecule has 4 nitrogen and oxygen atoms in total. The standard InChI is InChI=1S/C10H13ClN2O2.ClH/c1-6-3-7(11)4-8(10(6)15)13-9(14)5-12-2;/h3-4,12,15H,5H2,1-2H3,(H,13,14);1H. The zero-order valence-electron chi connectivity index (χ0n) is 9.00. The molecule has 0 saturated heterocycles. The Bertz CT molecular complexity index is 383. The number of likely N-dealkylation sites (N-methyl/N-ethyl adjacent to an activating group) is 1. The van der Waals surface area contributed by atoms with Gasteiger partial charge in [0.15, 0.2) is 0 Å². The largest absolute Gasteiger partial charge is 0.505 e. The molecular weight excluding hydrogens is 251 g/mol. The van der Waals surface area contributed by atoms with Crippen LogP contribution in [0.2, 0.25) is 5.02 Å². The second-order valence-electron chi connectivity index (χ2n) is 3.20. The van der Waals surface area contributed by atoms with Gasteiger partial charge >= 0.3 is 0 Å². The van der Waals surface area contributed by atoms with Crippen LogP contribution in [0.25, 0.3) is 0 Å². The SMILES string of the molecule is CNCC(=O)Nc1cc(Cl)cc(C)c1O.Cl. The summed E-state index contributed by atoms with van der Waals surface area (Å²) < 4.78 is 0. The Morgan fingerprint density at radius 1 is 1.50 bits per heavy atom. The minimum Gasteiger partial charge on any atom is -0.505 e. The van der Waals surface area contributed by atoms with Crippen LogP contribution in [0, 0.1) is 6.92 Å². The molecule has 0 spiro atoms. The molecule has 3 N–H and O–H groups in total. The van der Waals surface area contributed by atoms with Crippen molar-refractivity contribution in [1.29, 1.82) is 0 Å². The molecule has 0 bridgehead atoms. The summed E-state index contributed by atoms with van der Waals surface area (Å²) in [5, 5.41) is 15.4. The van der Waals surface area contributed by atoms with Crippen LogP contribution in [0.15, 0.2) is 12.1 Å². The fraction of sp³-hybridized carbons (Fsp3) is 0.300. The first-order valence-electron chi connectivity index (χ1n) is 4.48. The number of aryl methyl sites for hydroxylation is 1. The highest BCUT2D eigenvalue weighted by atomic mass is 35.5. The molecule has 90 valence electrons. The summed E-state index contributed by atoms with van der Waals surface area (Å²) in [6.07, 6.45) is 0. The molecule has 0 aliphatic carbocycles. The van der Waals surface area contributed by atoms with E-state index in [-0.39, 0.29) is 30.6 Å². The van der Waals surface area contributed by atoms with Gasteiger partial charge in [0.1, 0.15) is 5.75 Å². The van der Waals surface area contributed by atoms with Crippen LogP contribution in [0.1, 0.15) is 5.56 Å². The van der Waals surface area contributed by atoms with Crippen molar-refractivity contribution in [2.24, 2.45) is 0 Å². The average molecular weight is 265 g/mol. The van der Waals surface area contributed by atoms with E-state index < -0.39 is 0 Å². The summed E-state index contributed by atoms with van der Waals surface area (Å²) >= 11 is 5.80. The summed E-state index contributed by atoms with van der Waals surface area (Å²) in [5.74, 6) is -0.182. The number of rotatable bonds is 3. The fourth-order valence-electron chi connectivity index (χ4n) is 1.19. The molecule has 16 heavy (non-hydrogen) atoms. The van der Waals surface area contributed by atoms with Crippen LogP contribution in [0.4, 0.5) is 5.69 Å². The Morgan fingerprint density at radius 2 is 2.12 bits per heavy atom. The molecule has 1 aromatic rings. The van der Waals surface area contributed by atoms with Crippen LogP contribution in [-0.4, -0.2) is 24.6 Å². The predicted octanol–water partition coefficient (Wildman–Crippen LogP) is 1.93. The van der Waals surface area contributed by atoms with Crippen molar-refractivity contribution in [2.45, 2.75) is 6.92 Å². The quantitative estimate of drug-likeness (QED) is 0.732. The number of amides is 1.